The molecule has 0 radical (unpaired) electrons. The van der Waals surface area contributed by atoms with Gasteiger partial charge in [-0.2, -0.15) is 5.26 Å². The van der Waals surface area contributed by atoms with Gasteiger partial charge in [0.05, 0.1) is 19.8 Å². The highest BCUT2D eigenvalue weighted by Gasteiger charge is 2.15. The van der Waals surface area contributed by atoms with Crippen molar-refractivity contribution in [3.05, 3.63) is 87.0 Å². The minimum absolute atomic E-state index is 0.105. The number of hydrogen-bond donors (Lipinski definition) is 1. The fourth-order valence-electron chi connectivity index (χ4n) is 2.80. The van der Waals surface area contributed by atoms with Crippen LogP contribution in [0.4, 0.5) is 5.69 Å². The largest absolute Gasteiger partial charge is 0.497 e. The van der Waals surface area contributed by atoms with E-state index in [2.05, 4.69) is 27.9 Å². The van der Waals surface area contributed by atoms with Crippen molar-refractivity contribution in [3.63, 3.8) is 0 Å². The molecule has 0 fully saturated rings. The van der Waals surface area contributed by atoms with Crippen molar-refractivity contribution in [2.75, 3.05) is 19.5 Å². The molecule has 0 saturated heterocycles. The molecular formula is C25H19IN2O5. The van der Waals surface area contributed by atoms with Gasteiger partial charge >= 0.3 is 5.97 Å². The number of nitriles is 1. The van der Waals surface area contributed by atoms with E-state index in [-0.39, 0.29) is 11.3 Å². The first-order valence-corrected chi connectivity index (χ1v) is 10.7. The average Bonchev–Trinajstić information content (AvgIpc) is 2.84. The average molecular weight is 554 g/mol. The van der Waals surface area contributed by atoms with Crippen LogP contribution in [0.25, 0.3) is 6.08 Å². The third kappa shape index (κ3) is 6.33. The van der Waals surface area contributed by atoms with Gasteiger partial charge in [-0.1, -0.05) is 6.07 Å². The zero-order valence-corrected chi connectivity index (χ0v) is 20.0. The van der Waals surface area contributed by atoms with Crippen LogP contribution < -0.4 is 19.5 Å². The zero-order chi connectivity index (χ0) is 23.8. The predicted molar refractivity (Wildman–Crippen MR) is 132 cm³/mol. The topological polar surface area (TPSA) is 97.7 Å². The van der Waals surface area contributed by atoms with Gasteiger partial charge in [0.2, 0.25) is 0 Å². The Bertz CT molecular complexity index is 1230. The minimum Gasteiger partial charge on any atom is -0.497 e. The molecule has 0 aliphatic rings. The third-order valence-corrected chi connectivity index (χ3v) is 5.21. The quantitative estimate of drug-likeness (QED) is 0.144. The van der Waals surface area contributed by atoms with Crippen molar-refractivity contribution in [1.29, 1.82) is 5.26 Å². The first kappa shape index (κ1) is 23.8. The maximum Gasteiger partial charge on any atom is 0.343 e. The number of amides is 1. The lowest BCUT2D eigenvalue weighted by Gasteiger charge is -2.11. The van der Waals surface area contributed by atoms with Gasteiger partial charge in [0.15, 0.2) is 11.5 Å². The molecule has 0 aliphatic carbocycles. The normalized spacial score (nSPS) is 10.7. The van der Waals surface area contributed by atoms with Crippen LogP contribution in [0.1, 0.15) is 15.9 Å². The lowest BCUT2D eigenvalue weighted by Crippen LogP contribution is -2.13. The number of carbonyl (C=O) groups excluding carboxylic acids is 2. The Balaban J connectivity index is 1.82. The van der Waals surface area contributed by atoms with Crippen LogP contribution in [0.2, 0.25) is 0 Å². The summed E-state index contributed by atoms with van der Waals surface area (Å²) < 4.78 is 16.9. The summed E-state index contributed by atoms with van der Waals surface area (Å²) in [6, 6.07) is 20.3. The molecule has 33 heavy (non-hydrogen) atoms. The van der Waals surface area contributed by atoms with Gasteiger partial charge in [0, 0.05) is 9.26 Å². The van der Waals surface area contributed by atoms with E-state index < -0.39 is 11.9 Å². The van der Waals surface area contributed by atoms with E-state index in [1.807, 2.05) is 18.2 Å². The summed E-state index contributed by atoms with van der Waals surface area (Å²) >= 11 is 2.16. The first-order chi connectivity index (χ1) is 15.9. The van der Waals surface area contributed by atoms with Crippen molar-refractivity contribution < 1.29 is 23.8 Å². The number of benzene rings is 3. The van der Waals surface area contributed by atoms with E-state index in [0.717, 1.165) is 3.57 Å². The van der Waals surface area contributed by atoms with Gasteiger partial charge in [-0.15, -0.1) is 0 Å². The number of ether oxygens (including phenoxy) is 3. The summed E-state index contributed by atoms with van der Waals surface area (Å²) in [6.07, 6.45) is 1.41. The van der Waals surface area contributed by atoms with E-state index >= 15 is 0 Å². The van der Waals surface area contributed by atoms with E-state index in [0.29, 0.717) is 28.3 Å². The van der Waals surface area contributed by atoms with E-state index in [1.54, 1.807) is 48.5 Å². The van der Waals surface area contributed by atoms with Crippen molar-refractivity contribution in [1.82, 2.24) is 0 Å². The number of nitrogens with one attached hydrogen (secondary N) is 1. The Morgan fingerprint density at radius 2 is 1.64 bits per heavy atom. The van der Waals surface area contributed by atoms with E-state index in [9.17, 15) is 14.9 Å². The van der Waals surface area contributed by atoms with Gasteiger partial charge in [-0.25, -0.2) is 4.79 Å². The molecule has 0 heterocycles. The highest BCUT2D eigenvalue weighted by atomic mass is 127. The fraction of sp³-hybridized carbons (Fsp3) is 0.0800. The third-order valence-electron chi connectivity index (χ3n) is 4.49. The van der Waals surface area contributed by atoms with Gasteiger partial charge in [0.1, 0.15) is 17.4 Å². The van der Waals surface area contributed by atoms with Gasteiger partial charge in [-0.05, 0) is 94.9 Å². The van der Waals surface area contributed by atoms with Crippen LogP contribution in [-0.2, 0) is 4.79 Å². The van der Waals surface area contributed by atoms with Crippen LogP contribution >= 0.6 is 22.6 Å². The lowest BCUT2D eigenvalue weighted by molar-refractivity contribution is -0.112. The Morgan fingerprint density at radius 1 is 0.939 bits per heavy atom. The molecule has 0 atom stereocenters. The second-order valence-electron chi connectivity index (χ2n) is 6.66. The molecule has 3 aromatic carbocycles. The van der Waals surface area contributed by atoms with Crippen LogP contribution in [0, 0.1) is 14.9 Å². The SMILES string of the molecule is COc1ccc(C(=O)Oc2cc(/C=C(\C#N)C(=O)Nc3ccc(I)cc3)ccc2OC)cc1. The monoisotopic (exact) mass is 554 g/mol. The fourth-order valence-corrected chi connectivity index (χ4v) is 3.16. The number of esters is 1. The molecule has 3 rings (SSSR count). The van der Waals surface area contributed by atoms with Crippen LogP contribution in [0.15, 0.2) is 72.3 Å². The van der Waals surface area contributed by atoms with Crippen molar-refractivity contribution >= 4 is 46.2 Å². The predicted octanol–water partition coefficient (Wildman–Crippen LogP) is 5.07. The molecule has 3 aromatic rings. The summed E-state index contributed by atoms with van der Waals surface area (Å²) in [7, 11) is 2.98. The van der Waals surface area contributed by atoms with E-state index in [4.69, 9.17) is 14.2 Å². The van der Waals surface area contributed by atoms with Crippen LogP contribution in [0.5, 0.6) is 17.2 Å². The maximum atomic E-state index is 12.6. The van der Waals surface area contributed by atoms with Crippen molar-refractivity contribution in [2.24, 2.45) is 0 Å². The molecule has 1 N–H and O–H groups in total. The highest BCUT2D eigenvalue weighted by molar-refractivity contribution is 14.1. The van der Waals surface area contributed by atoms with Crippen LogP contribution in [-0.4, -0.2) is 26.1 Å². The Morgan fingerprint density at radius 3 is 2.24 bits per heavy atom. The smallest absolute Gasteiger partial charge is 0.343 e. The van der Waals surface area contributed by atoms with Gasteiger partial charge < -0.3 is 19.5 Å². The molecular weight excluding hydrogens is 535 g/mol. The number of halogens is 1. The molecule has 0 saturated carbocycles. The second kappa shape index (κ2) is 11.2. The number of hydrogen-bond acceptors (Lipinski definition) is 6. The van der Waals surface area contributed by atoms with Crippen molar-refractivity contribution in [3.8, 4) is 23.3 Å². The molecule has 166 valence electrons. The Hall–Kier alpha value is -3.84. The maximum absolute atomic E-state index is 12.6. The molecule has 1 amide bonds. The summed E-state index contributed by atoms with van der Waals surface area (Å²) in [5, 5.41) is 12.2. The lowest BCUT2D eigenvalue weighted by atomic mass is 10.1. The number of rotatable bonds is 7. The van der Waals surface area contributed by atoms with Crippen molar-refractivity contribution in [2.45, 2.75) is 0 Å². The molecule has 0 bridgehead atoms. The summed E-state index contributed by atoms with van der Waals surface area (Å²) in [6.45, 7) is 0. The summed E-state index contributed by atoms with van der Waals surface area (Å²) in [4.78, 5) is 25.1. The van der Waals surface area contributed by atoms with Gasteiger partial charge in [0.25, 0.3) is 5.91 Å². The number of carbonyl (C=O) groups is 2. The summed E-state index contributed by atoms with van der Waals surface area (Å²) in [5.41, 5.74) is 1.28. The molecule has 0 aromatic heterocycles. The number of anilines is 1. The Labute approximate surface area is 204 Å². The number of methoxy groups -OCH3 is 2. The molecule has 8 heteroatoms. The number of nitrogens with zero attached hydrogens (tertiary/aromatic N) is 1. The first-order valence-electron chi connectivity index (χ1n) is 9.66. The van der Waals surface area contributed by atoms with Gasteiger partial charge in [-0.3, -0.25) is 4.79 Å². The summed E-state index contributed by atoms with van der Waals surface area (Å²) in [5.74, 6) is -0.0394. The molecule has 0 aliphatic heterocycles. The zero-order valence-electron chi connectivity index (χ0n) is 17.8. The molecule has 0 unspecified atom stereocenters. The Kier molecular flexibility index (Phi) is 8.05. The second-order valence-corrected chi connectivity index (χ2v) is 7.90. The van der Waals surface area contributed by atoms with Crippen LogP contribution in [0.3, 0.4) is 0 Å². The molecule has 7 nitrogen and oxygen atoms in total. The minimum atomic E-state index is -0.589. The standard InChI is InChI=1S/C25H19IN2O5/c1-31-21-10-4-17(5-11-21)25(30)33-23-14-16(3-12-22(23)32-2)13-18(15-27)24(29)28-20-8-6-19(26)7-9-20/h3-14H,1-2H3,(H,28,29)/b18-13+. The molecule has 0 spiro atoms. The highest BCUT2D eigenvalue weighted by Crippen LogP contribution is 2.30. The van der Waals surface area contributed by atoms with E-state index in [1.165, 1.54) is 26.4 Å².